The van der Waals surface area contributed by atoms with Crippen LogP contribution in [0, 0.1) is 6.92 Å². The number of β-amino-alcohol motifs (C(OH)–C–C–N with tert-alkyl or cyclic N) is 1. The molecule has 0 bridgehead atoms. The topological polar surface area (TPSA) is 65.6 Å². The van der Waals surface area contributed by atoms with Gasteiger partial charge in [-0.1, -0.05) is 0 Å². The van der Waals surface area contributed by atoms with Crippen molar-refractivity contribution in [3.05, 3.63) is 17.1 Å². The molecule has 1 aromatic heterocycles. The highest BCUT2D eigenvalue weighted by Gasteiger charge is 2.17. The predicted octanol–water partition coefficient (Wildman–Crippen LogP) is 1.69. The van der Waals surface area contributed by atoms with E-state index < -0.39 is 0 Å². The van der Waals surface area contributed by atoms with Crippen LogP contribution in [0.2, 0.25) is 0 Å². The molecule has 6 heteroatoms. The van der Waals surface area contributed by atoms with Crippen molar-refractivity contribution in [1.82, 2.24) is 9.88 Å². The molecule has 0 unspecified atom stereocenters. The number of aliphatic hydroxyl groups is 1. The second kappa shape index (κ2) is 6.17. The molecule has 0 aliphatic carbocycles. The van der Waals surface area contributed by atoms with Crippen molar-refractivity contribution in [1.29, 1.82) is 0 Å². The molecule has 0 radical (unpaired) electrons. The van der Waals surface area contributed by atoms with Gasteiger partial charge < -0.3 is 15.7 Å². The number of hydrogen-bond acceptors (Lipinski definition) is 6. The molecule has 2 heterocycles. The van der Waals surface area contributed by atoms with Crippen LogP contribution >= 0.6 is 11.3 Å². The van der Waals surface area contributed by atoms with Crippen LogP contribution in [0.3, 0.4) is 0 Å². The highest BCUT2D eigenvalue weighted by atomic mass is 32.1. The summed E-state index contributed by atoms with van der Waals surface area (Å²) in [5.41, 5.74) is 9.23. The summed E-state index contributed by atoms with van der Waals surface area (Å²) in [6.45, 7) is 6.96. The summed E-state index contributed by atoms with van der Waals surface area (Å²) in [6.07, 6.45) is 1.09. The summed E-state index contributed by atoms with van der Waals surface area (Å²) in [6, 6.07) is 4.17. The lowest BCUT2D eigenvalue weighted by Crippen LogP contribution is -2.32. The molecule has 0 saturated carbocycles. The first kappa shape index (κ1) is 14.6. The molecule has 0 amide bonds. The summed E-state index contributed by atoms with van der Waals surface area (Å²) in [7, 11) is 0. The number of benzene rings is 1. The molecule has 1 fully saturated rings. The molecule has 1 saturated heterocycles. The third-order valence-electron chi connectivity index (χ3n) is 3.99. The summed E-state index contributed by atoms with van der Waals surface area (Å²) in [5, 5.41) is 10.2. The van der Waals surface area contributed by atoms with Gasteiger partial charge in [-0.15, -0.1) is 11.3 Å². The summed E-state index contributed by atoms with van der Waals surface area (Å²) < 4.78 is 1.16. The van der Waals surface area contributed by atoms with Gasteiger partial charge in [0.1, 0.15) is 0 Å². The van der Waals surface area contributed by atoms with Gasteiger partial charge >= 0.3 is 0 Å². The predicted molar refractivity (Wildman–Crippen MR) is 89.1 cm³/mol. The molecule has 3 N–H and O–H groups in total. The molecule has 1 aliphatic rings. The quantitative estimate of drug-likeness (QED) is 0.845. The second-order valence-electron chi connectivity index (χ2n) is 5.52. The van der Waals surface area contributed by atoms with E-state index in [1.54, 1.807) is 11.3 Å². The first-order valence-corrected chi connectivity index (χ1v) is 8.24. The smallest absolute Gasteiger partial charge is 0.0907 e. The summed E-state index contributed by atoms with van der Waals surface area (Å²) in [4.78, 5) is 9.23. The van der Waals surface area contributed by atoms with Gasteiger partial charge in [-0.25, -0.2) is 4.98 Å². The van der Waals surface area contributed by atoms with Crippen LogP contribution in [0.5, 0.6) is 0 Å². The fourth-order valence-electron chi connectivity index (χ4n) is 2.94. The van der Waals surface area contributed by atoms with E-state index in [-0.39, 0.29) is 6.61 Å². The summed E-state index contributed by atoms with van der Waals surface area (Å²) in [5.74, 6) is 0. The van der Waals surface area contributed by atoms with Gasteiger partial charge in [-0.05, 0) is 32.0 Å². The minimum atomic E-state index is 0.228. The summed E-state index contributed by atoms with van der Waals surface area (Å²) >= 11 is 1.69. The van der Waals surface area contributed by atoms with Crippen LogP contribution in [0.15, 0.2) is 12.1 Å². The van der Waals surface area contributed by atoms with Crippen LogP contribution in [0.1, 0.15) is 11.4 Å². The van der Waals surface area contributed by atoms with Crippen molar-refractivity contribution in [3.63, 3.8) is 0 Å². The van der Waals surface area contributed by atoms with Crippen molar-refractivity contribution in [2.24, 2.45) is 0 Å². The molecule has 3 rings (SSSR count). The number of hydrogen-bond donors (Lipinski definition) is 2. The number of aromatic nitrogens is 1. The first-order chi connectivity index (χ1) is 10.2. The number of thiazole rings is 1. The van der Waals surface area contributed by atoms with Crippen LogP contribution in [0.4, 0.5) is 11.4 Å². The minimum Gasteiger partial charge on any atom is -0.397 e. The lowest BCUT2D eigenvalue weighted by atomic mass is 10.2. The van der Waals surface area contributed by atoms with Crippen molar-refractivity contribution >= 4 is 32.9 Å². The number of rotatable bonds is 3. The molecule has 21 heavy (non-hydrogen) atoms. The Labute approximate surface area is 129 Å². The number of aryl methyl sites for hydroxylation is 1. The van der Waals surface area contributed by atoms with Crippen LogP contribution in [-0.2, 0) is 0 Å². The Bertz CT molecular complexity index is 627. The van der Waals surface area contributed by atoms with Gasteiger partial charge in [-0.3, -0.25) is 4.90 Å². The van der Waals surface area contributed by atoms with Crippen molar-refractivity contribution < 1.29 is 5.11 Å². The van der Waals surface area contributed by atoms with E-state index in [9.17, 15) is 0 Å². The monoisotopic (exact) mass is 306 g/mol. The van der Waals surface area contributed by atoms with E-state index in [0.717, 1.165) is 65.7 Å². The fraction of sp³-hybridized carbons (Fsp3) is 0.533. The Hall–Kier alpha value is -1.37. The lowest BCUT2D eigenvalue weighted by Gasteiger charge is -2.24. The lowest BCUT2D eigenvalue weighted by molar-refractivity contribution is 0.204. The zero-order chi connectivity index (χ0) is 14.8. The van der Waals surface area contributed by atoms with Crippen molar-refractivity contribution in [2.45, 2.75) is 13.3 Å². The third-order valence-corrected chi connectivity index (χ3v) is 4.92. The maximum absolute atomic E-state index is 9.08. The molecule has 2 aromatic rings. The van der Waals surface area contributed by atoms with Gasteiger partial charge in [-0.2, -0.15) is 0 Å². The minimum absolute atomic E-state index is 0.228. The number of nitrogen functional groups attached to an aromatic ring is 1. The molecule has 5 nitrogen and oxygen atoms in total. The van der Waals surface area contributed by atoms with Crippen molar-refractivity contribution in [3.8, 4) is 0 Å². The van der Waals surface area contributed by atoms with Crippen LogP contribution in [0.25, 0.3) is 10.2 Å². The number of nitrogens with two attached hydrogens (primary N) is 1. The average Bonchev–Trinajstić information content (AvgIpc) is 2.66. The van der Waals surface area contributed by atoms with E-state index in [0.29, 0.717) is 0 Å². The third kappa shape index (κ3) is 3.12. The van der Waals surface area contributed by atoms with Crippen LogP contribution in [-0.4, -0.2) is 54.3 Å². The molecule has 1 aromatic carbocycles. The number of aliphatic hydroxyl groups excluding tert-OH is 1. The van der Waals surface area contributed by atoms with E-state index in [1.807, 2.05) is 13.0 Å². The number of anilines is 2. The maximum Gasteiger partial charge on any atom is 0.0907 e. The first-order valence-electron chi connectivity index (χ1n) is 7.42. The average molecular weight is 306 g/mol. The second-order valence-corrected chi connectivity index (χ2v) is 6.75. The van der Waals surface area contributed by atoms with Gasteiger partial charge in [0.2, 0.25) is 0 Å². The molecule has 0 atom stereocenters. The largest absolute Gasteiger partial charge is 0.397 e. The van der Waals surface area contributed by atoms with Gasteiger partial charge in [0.25, 0.3) is 0 Å². The molecular weight excluding hydrogens is 284 g/mol. The molecule has 114 valence electrons. The van der Waals surface area contributed by atoms with Gasteiger partial charge in [0, 0.05) is 26.2 Å². The Morgan fingerprint density at radius 3 is 2.95 bits per heavy atom. The molecule has 0 spiro atoms. The molecule has 1 aliphatic heterocycles. The molecular formula is C15H22N4OS. The van der Waals surface area contributed by atoms with Crippen molar-refractivity contribution in [2.75, 3.05) is 50.0 Å². The van der Waals surface area contributed by atoms with Crippen LogP contribution < -0.4 is 10.6 Å². The fourth-order valence-corrected chi connectivity index (χ4v) is 3.80. The SMILES string of the molecule is Cc1nc2cc(N3CCCN(CCO)CC3)c(N)cc2s1. The zero-order valence-corrected chi connectivity index (χ0v) is 13.2. The van der Waals surface area contributed by atoms with E-state index in [2.05, 4.69) is 20.9 Å². The Morgan fingerprint density at radius 2 is 2.14 bits per heavy atom. The van der Waals surface area contributed by atoms with E-state index in [1.165, 1.54) is 0 Å². The Morgan fingerprint density at radius 1 is 1.29 bits per heavy atom. The highest BCUT2D eigenvalue weighted by molar-refractivity contribution is 7.18. The Balaban J connectivity index is 1.84. The standard InChI is InChI=1S/C15H22N4OS/c1-11-17-13-10-14(12(16)9-15(13)21-11)19-4-2-3-18(5-6-19)7-8-20/h9-10,20H,2-8,16H2,1H3. The van der Waals surface area contributed by atoms with Gasteiger partial charge in [0.05, 0.1) is 33.2 Å². The van der Waals surface area contributed by atoms with E-state index in [4.69, 9.17) is 10.8 Å². The van der Waals surface area contributed by atoms with E-state index >= 15 is 0 Å². The number of fused-ring (bicyclic) bond motifs is 1. The number of nitrogens with zero attached hydrogens (tertiary/aromatic N) is 3. The highest BCUT2D eigenvalue weighted by Crippen LogP contribution is 2.32. The normalized spacial score (nSPS) is 17.3. The van der Waals surface area contributed by atoms with Gasteiger partial charge in [0.15, 0.2) is 0 Å². The Kier molecular flexibility index (Phi) is 4.28. The maximum atomic E-state index is 9.08. The zero-order valence-electron chi connectivity index (χ0n) is 12.4.